The van der Waals surface area contributed by atoms with Gasteiger partial charge >= 0.3 is 77.3 Å². The molecular formula is H8CaMgO6P2. The van der Waals surface area contributed by atoms with Crippen LogP contribution < -0.4 is 0 Å². The first-order chi connectivity index (χ1) is 3.41. The van der Waals surface area contributed by atoms with E-state index in [0.29, 0.717) is 0 Å². The standard InChI is InChI=1S/Ca.Mg.H3O4P.HO2P.4H/c;;1-5(2,3)4;1-3-2;;;;/h;;(H3,1,2,3,4);(H,1,2);;;;. The molecule has 10 heteroatoms. The van der Waals surface area contributed by atoms with E-state index in [9.17, 15) is 0 Å². The SMILES string of the molecule is O=P(O)(O)O.O=PO.[CaH2].[MgH2]. The van der Waals surface area contributed by atoms with E-state index in [-0.39, 0.29) is 60.8 Å². The van der Waals surface area contributed by atoms with Crippen LogP contribution in [-0.2, 0) is 9.13 Å². The third kappa shape index (κ3) is 179. The second-order valence-corrected chi connectivity index (χ2v) is 1.78. The predicted octanol–water partition coefficient (Wildman–Crippen LogP) is -2.58. The molecule has 0 saturated carbocycles. The molecule has 0 aliphatic carbocycles. The van der Waals surface area contributed by atoms with Crippen molar-refractivity contribution in [3.05, 3.63) is 0 Å². The van der Waals surface area contributed by atoms with Gasteiger partial charge in [0, 0.05) is 0 Å². The molecule has 0 unspecified atom stereocenters. The molecule has 0 fully saturated rings. The second kappa shape index (κ2) is 13.8. The van der Waals surface area contributed by atoms with Crippen molar-refractivity contribution in [3.63, 3.8) is 0 Å². The van der Waals surface area contributed by atoms with Crippen LogP contribution in [-0.4, -0.2) is 80.4 Å². The number of rotatable bonds is 0. The number of hydrogen-bond acceptors (Lipinski definition) is 2. The Labute approximate surface area is 105 Å². The van der Waals surface area contributed by atoms with Crippen LogP contribution in [0, 0.1) is 0 Å². The fraction of sp³-hybridized carbons (Fsp3) is 0. The number of phosphoric acid groups is 1. The summed E-state index contributed by atoms with van der Waals surface area (Å²) in [6.45, 7) is 0. The summed E-state index contributed by atoms with van der Waals surface area (Å²) >= 11 is 0. The summed E-state index contributed by atoms with van der Waals surface area (Å²) < 4.78 is 17.3. The maximum atomic E-state index is 8.88. The van der Waals surface area contributed by atoms with Gasteiger partial charge < -0.3 is 19.6 Å². The third-order valence-corrected chi connectivity index (χ3v) is 0. The molecule has 0 saturated heterocycles. The predicted molar refractivity (Wildman–Crippen MR) is 41.2 cm³/mol. The van der Waals surface area contributed by atoms with E-state index < -0.39 is 16.5 Å². The summed E-state index contributed by atoms with van der Waals surface area (Å²) in [7, 11) is -5.47. The summed E-state index contributed by atoms with van der Waals surface area (Å²) in [5, 5.41) is 0. The summed E-state index contributed by atoms with van der Waals surface area (Å²) in [5.74, 6) is 0. The second-order valence-electron chi connectivity index (χ2n) is 0.595. The van der Waals surface area contributed by atoms with Crippen molar-refractivity contribution in [2.24, 2.45) is 0 Å². The maximum absolute atomic E-state index is 8.88. The first-order valence-corrected chi connectivity index (χ1v) is 3.50. The van der Waals surface area contributed by atoms with Crippen LogP contribution in [0.4, 0.5) is 0 Å². The first-order valence-electron chi connectivity index (χ1n) is 1.17. The van der Waals surface area contributed by atoms with Crippen molar-refractivity contribution >= 4 is 77.3 Å². The van der Waals surface area contributed by atoms with Crippen LogP contribution in [0.1, 0.15) is 0 Å². The van der Waals surface area contributed by atoms with Gasteiger partial charge in [-0.15, -0.1) is 0 Å². The largest absolute Gasteiger partial charge is 0.316 e. The molecule has 0 aromatic carbocycles. The Balaban J connectivity index is -0.0000000326. The van der Waals surface area contributed by atoms with Crippen molar-refractivity contribution in [3.8, 4) is 0 Å². The molecule has 0 spiro atoms. The zero-order valence-electron chi connectivity index (χ0n) is 3.50. The molecule has 0 rings (SSSR count). The molecule has 0 bridgehead atoms. The van der Waals surface area contributed by atoms with Gasteiger partial charge in [0.15, 0.2) is 0 Å². The Morgan fingerprint density at radius 1 is 1.20 bits per heavy atom. The molecule has 0 aliphatic heterocycles. The summed E-state index contributed by atoms with van der Waals surface area (Å²) in [4.78, 5) is 28.5. The van der Waals surface area contributed by atoms with Crippen LogP contribution in [0.25, 0.3) is 0 Å². The van der Waals surface area contributed by atoms with Gasteiger partial charge in [-0.25, -0.2) is 9.13 Å². The van der Waals surface area contributed by atoms with E-state index in [1.807, 2.05) is 0 Å². The average Bonchev–Trinajstić information content (AvgIpc) is 1.27. The van der Waals surface area contributed by atoms with E-state index in [2.05, 4.69) is 0 Å². The Morgan fingerprint density at radius 3 is 1.20 bits per heavy atom. The summed E-state index contributed by atoms with van der Waals surface area (Å²) in [5.41, 5.74) is 0. The van der Waals surface area contributed by atoms with Crippen molar-refractivity contribution in [1.29, 1.82) is 0 Å². The van der Waals surface area contributed by atoms with Gasteiger partial charge in [0.25, 0.3) is 0 Å². The molecule has 0 heterocycles. The van der Waals surface area contributed by atoms with Crippen molar-refractivity contribution < 1.29 is 28.7 Å². The fourth-order valence-corrected chi connectivity index (χ4v) is 0. The fourth-order valence-electron chi connectivity index (χ4n) is 0. The quantitative estimate of drug-likeness (QED) is 0.268. The Morgan fingerprint density at radius 2 is 1.20 bits per heavy atom. The molecule has 58 valence electrons. The Kier molecular flexibility index (Phi) is 31.3. The van der Waals surface area contributed by atoms with E-state index >= 15 is 0 Å². The van der Waals surface area contributed by atoms with E-state index in [1.54, 1.807) is 0 Å². The first kappa shape index (κ1) is 22.8. The molecule has 0 aliphatic rings. The van der Waals surface area contributed by atoms with E-state index in [0.717, 1.165) is 0 Å². The molecule has 0 atom stereocenters. The zero-order chi connectivity index (χ0) is 7.21. The van der Waals surface area contributed by atoms with Crippen LogP contribution in [0.3, 0.4) is 0 Å². The van der Waals surface area contributed by atoms with Crippen LogP contribution in [0.5, 0.6) is 0 Å². The molecule has 0 amide bonds. The molecule has 4 N–H and O–H groups in total. The monoisotopic (exact) mass is 230 g/mol. The Hall–Kier alpha value is 2.20. The minimum absolute atomic E-state index is 0. The summed E-state index contributed by atoms with van der Waals surface area (Å²) in [6, 6.07) is 0. The molecule has 0 aromatic rings. The number of hydrogen-bond donors (Lipinski definition) is 4. The van der Waals surface area contributed by atoms with Crippen LogP contribution in [0.15, 0.2) is 0 Å². The minimum atomic E-state index is -4.64. The van der Waals surface area contributed by atoms with E-state index in [4.69, 9.17) is 28.7 Å². The van der Waals surface area contributed by atoms with Crippen molar-refractivity contribution in [1.82, 2.24) is 0 Å². The molecule has 0 aromatic heterocycles. The maximum Gasteiger partial charge on any atom is 0.316 e. The third-order valence-electron chi connectivity index (χ3n) is 0. The van der Waals surface area contributed by atoms with E-state index in [1.165, 1.54) is 0 Å². The van der Waals surface area contributed by atoms with Gasteiger partial charge in [-0.1, -0.05) is 0 Å². The van der Waals surface area contributed by atoms with Crippen molar-refractivity contribution in [2.75, 3.05) is 0 Å². The smallest absolute Gasteiger partial charge is 0.316 e. The molecule has 6 nitrogen and oxygen atoms in total. The molecule has 0 radical (unpaired) electrons. The van der Waals surface area contributed by atoms with Gasteiger partial charge in [-0.3, -0.25) is 0 Å². The minimum Gasteiger partial charge on any atom is 0.316 e. The van der Waals surface area contributed by atoms with Gasteiger partial charge in [-0.2, -0.15) is 0 Å². The summed E-state index contributed by atoms with van der Waals surface area (Å²) in [6.07, 6.45) is 0. The van der Waals surface area contributed by atoms with Gasteiger partial charge in [0.05, 0.1) is 0 Å². The molecular weight excluding hydrogens is 222 g/mol. The van der Waals surface area contributed by atoms with Crippen molar-refractivity contribution in [2.45, 2.75) is 0 Å². The average molecular weight is 230 g/mol. The van der Waals surface area contributed by atoms with Crippen LogP contribution in [0.2, 0.25) is 0 Å². The van der Waals surface area contributed by atoms with Gasteiger partial charge in [0.1, 0.15) is 0 Å². The Bertz CT molecular complexity index is 89.7. The molecule has 10 heavy (non-hydrogen) atoms. The zero-order valence-corrected chi connectivity index (χ0v) is 5.29. The van der Waals surface area contributed by atoms with Gasteiger partial charge in [-0.05, 0) is 0 Å². The topological polar surface area (TPSA) is 115 Å². The van der Waals surface area contributed by atoms with Gasteiger partial charge in [0.2, 0.25) is 0 Å². The van der Waals surface area contributed by atoms with Crippen LogP contribution >= 0.6 is 16.5 Å². The normalized spacial score (nSPS) is 8.00.